The highest BCUT2D eigenvalue weighted by Crippen LogP contribution is 2.52. The molecule has 0 bridgehead atoms. The minimum absolute atomic E-state index is 0.0616. The van der Waals surface area contributed by atoms with E-state index in [2.05, 4.69) is 208 Å². The quantitative estimate of drug-likeness (QED) is 0.164. The molecule has 0 N–H and O–H groups in total. The average Bonchev–Trinajstić information content (AvgIpc) is 3.76. The zero-order valence-electron chi connectivity index (χ0n) is 32.4. The Bertz CT molecular complexity index is 3400. The van der Waals surface area contributed by atoms with Gasteiger partial charge in [-0.05, 0) is 129 Å². The lowest BCUT2D eigenvalue weighted by atomic mass is 9.82. The maximum Gasteiger partial charge on any atom is 0.135 e. The van der Waals surface area contributed by atoms with Gasteiger partial charge in [-0.1, -0.05) is 178 Å². The molecule has 1 aliphatic carbocycles. The van der Waals surface area contributed by atoms with Crippen LogP contribution < -0.4 is 0 Å². The van der Waals surface area contributed by atoms with Crippen LogP contribution in [0.4, 0.5) is 0 Å². The van der Waals surface area contributed by atoms with Crippen LogP contribution in [0.2, 0.25) is 0 Å². The topological polar surface area (TPSA) is 13.1 Å². The number of hydrogen-bond donors (Lipinski definition) is 0. The van der Waals surface area contributed by atoms with E-state index in [9.17, 15) is 0 Å². The van der Waals surface area contributed by atoms with Gasteiger partial charge in [0.2, 0.25) is 0 Å². The van der Waals surface area contributed by atoms with Gasteiger partial charge in [-0.15, -0.1) is 0 Å². The van der Waals surface area contributed by atoms with E-state index < -0.39 is 0 Å². The number of fused-ring (bicyclic) bond motifs is 10. The number of furan rings is 1. The Morgan fingerprint density at radius 2 is 0.776 bits per heavy atom. The largest absolute Gasteiger partial charge is 0.456 e. The summed E-state index contributed by atoms with van der Waals surface area (Å²) in [4.78, 5) is 0. The smallest absolute Gasteiger partial charge is 0.135 e. The molecule has 1 heteroatoms. The molecule has 0 radical (unpaired) electrons. The zero-order valence-corrected chi connectivity index (χ0v) is 32.4. The van der Waals surface area contributed by atoms with Crippen LogP contribution in [0.25, 0.3) is 110 Å². The first kappa shape index (κ1) is 33.0. The second-order valence-corrected chi connectivity index (χ2v) is 16.4. The van der Waals surface area contributed by atoms with Crippen LogP contribution >= 0.6 is 0 Å². The van der Waals surface area contributed by atoms with Gasteiger partial charge in [0, 0.05) is 16.2 Å². The van der Waals surface area contributed by atoms with Crippen molar-refractivity contribution in [1.82, 2.24) is 0 Å². The van der Waals surface area contributed by atoms with Crippen LogP contribution in [0.5, 0.6) is 0 Å². The van der Waals surface area contributed by atoms with Crippen molar-refractivity contribution in [2.75, 3.05) is 0 Å². The normalized spacial score (nSPS) is 13.1. The molecule has 1 aromatic heterocycles. The highest BCUT2D eigenvalue weighted by molar-refractivity contribution is 6.22. The summed E-state index contributed by atoms with van der Waals surface area (Å²) in [5.74, 6) is 0. The maximum absolute atomic E-state index is 6.52. The fourth-order valence-electron chi connectivity index (χ4n) is 10.0. The monoisotopic (exact) mass is 738 g/mol. The number of rotatable bonds is 4. The van der Waals surface area contributed by atoms with Crippen molar-refractivity contribution in [3.05, 3.63) is 205 Å². The van der Waals surface area contributed by atoms with Gasteiger partial charge >= 0.3 is 0 Å². The van der Waals surface area contributed by atoms with Crippen molar-refractivity contribution in [3.8, 4) is 55.6 Å². The Morgan fingerprint density at radius 3 is 1.45 bits per heavy atom. The standard InChI is InChI=1S/C57H38O/c1-57(2)50-28-25-39(33-49(50)56-42-15-7-6-14-37(42)24-29-51(56)57)40-26-30-52-47(32-40)48-34-41(27-31-53(48)58-52)55-45-18-10-8-16-43(45)54(44-17-9-11-19-46(44)55)38-22-20-36(21-23-38)35-12-4-3-5-13-35/h3-34H,1-2H3. The van der Waals surface area contributed by atoms with E-state index in [-0.39, 0.29) is 5.41 Å². The van der Waals surface area contributed by atoms with Gasteiger partial charge in [-0.2, -0.15) is 0 Å². The van der Waals surface area contributed by atoms with Crippen molar-refractivity contribution in [2.45, 2.75) is 19.3 Å². The van der Waals surface area contributed by atoms with Gasteiger partial charge in [-0.25, -0.2) is 0 Å². The van der Waals surface area contributed by atoms with E-state index in [1.54, 1.807) is 0 Å². The van der Waals surface area contributed by atoms with Gasteiger partial charge in [0.05, 0.1) is 0 Å². The van der Waals surface area contributed by atoms with Crippen LogP contribution in [0.15, 0.2) is 199 Å². The molecule has 0 aliphatic heterocycles. The lowest BCUT2D eigenvalue weighted by Crippen LogP contribution is -2.14. The van der Waals surface area contributed by atoms with Crippen molar-refractivity contribution < 1.29 is 4.42 Å². The second kappa shape index (κ2) is 12.4. The van der Waals surface area contributed by atoms with E-state index in [0.29, 0.717) is 0 Å². The van der Waals surface area contributed by atoms with Crippen LogP contribution in [-0.4, -0.2) is 0 Å². The first-order chi connectivity index (χ1) is 28.5. The average molecular weight is 739 g/mol. The minimum Gasteiger partial charge on any atom is -0.456 e. The Balaban J connectivity index is 1.01. The number of benzene rings is 10. The molecule has 272 valence electrons. The second-order valence-electron chi connectivity index (χ2n) is 16.4. The number of hydrogen-bond acceptors (Lipinski definition) is 1. The third-order valence-electron chi connectivity index (χ3n) is 12.9. The molecule has 0 atom stereocenters. The van der Waals surface area contributed by atoms with E-state index in [1.807, 2.05) is 0 Å². The summed E-state index contributed by atoms with van der Waals surface area (Å²) in [6.45, 7) is 4.72. The van der Waals surface area contributed by atoms with Gasteiger partial charge in [0.1, 0.15) is 11.2 Å². The predicted molar refractivity (Wildman–Crippen MR) is 246 cm³/mol. The third kappa shape index (κ3) is 4.83. The Hall–Kier alpha value is -7.22. The van der Waals surface area contributed by atoms with Crippen molar-refractivity contribution in [3.63, 3.8) is 0 Å². The van der Waals surface area contributed by atoms with Gasteiger partial charge in [0.15, 0.2) is 0 Å². The Morgan fingerprint density at radius 1 is 0.310 bits per heavy atom. The third-order valence-corrected chi connectivity index (χ3v) is 12.9. The molecule has 11 aromatic rings. The van der Waals surface area contributed by atoms with Crippen molar-refractivity contribution in [2.24, 2.45) is 0 Å². The van der Waals surface area contributed by atoms with Gasteiger partial charge in [0.25, 0.3) is 0 Å². The van der Waals surface area contributed by atoms with Crippen molar-refractivity contribution >= 4 is 54.3 Å². The molecule has 0 spiro atoms. The molecular formula is C57H38O. The molecule has 0 saturated heterocycles. The van der Waals surface area contributed by atoms with E-state index in [1.165, 1.54) is 99.1 Å². The summed E-state index contributed by atoms with van der Waals surface area (Å²) in [7, 11) is 0. The lowest BCUT2D eigenvalue weighted by molar-refractivity contribution is 0.661. The van der Waals surface area contributed by atoms with E-state index in [4.69, 9.17) is 4.42 Å². The molecule has 12 rings (SSSR count). The summed E-state index contributed by atoms with van der Waals surface area (Å²) >= 11 is 0. The first-order valence-corrected chi connectivity index (χ1v) is 20.2. The molecule has 0 unspecified atom stereocenters. The molecule has 1 heterocycles. The van der Waals surface area contributed by atoms with Crippen molar-refractivity contribution in [1.29, 1.82) is 0 Å². The van der Waals surface area contributed by atoms with E-state index >= 15 is 0 Å². The summed E-state index contributed by atoms with van der Waals surface area (Å²) < 4.78 is 6.52. The maximum atomic E-state index is 6.52. The SMILES string of the molecule is CC1(C)c2ccc(-c3ccc4oc5ccc(-c6c7ccccc7c(-c7ccc(-c8ccccc8)cc7)c7ccccc67)cc5c4c3)cc2-c2c1ccc1ccccc21. The molecule has 0 amide bonds. The Kier molecular flexibility index (Phi) is 7.04. The van der Waals surface area contributed by atoms with Crippen LogP contribution in [0.1, 0.15) is 25.0 Å². The summed E-state index contributed by atoms with van der Waals surface area (Å²) in [5, 5.41) is 9.84. The summed E-state index contributed by atoms with van der Waals surface area (Å²) in [6, 6.07) is 71.4. The minimum atomic E-state index is -0.0616. The summed E-state index contributed by atoms with van der Waals surface area (Å²) in [6.07, 6.45) is 0. The molecule has 1 nitrogen and oxygen atoms in total. The highest BCUT2D eigenvalue weighted by atomic mass is 16.3. The van der Waals surface area contributed by atoms with Crippen LogP contribution in [-0.2, 0) is 5.41 Å². The molecule has 0 fully saturated rings. The fourth-order valence-corrected chi connectivity index (χ4v) is 10.0. The Labute approximate surface area is 337 Å². The van der Waals surface area contributed by atoms with Crippen LogP contribution in [0.3, 0.4) is 0 Å². The van der Waals surface area contributed by atoms with E-state index in [0.717, 1.165) is 21.9 Å². The van der Waals surface area contributed by atoms with Crippen LogP contribution in [0, 0.1) is 0 Å². The molecule has 0 saturated carbocycles. The summed E-state index contributed by atoms with van der Waals surface area (Å²) in [5.41, 5.74) is 17.0. The van der Waals surface area contributed by atoms with Gasteiger partial charge in [-0.3, -0.25) is 0 Å². The predicted octanol–water partition coefficient (Wildman–Crippen LogP) is 16.0. The molecule has 58 heavy (non-hydrogen) atoms. The highest BCUT2D eigenvalue weighted by Gasteiger charge is 2.36. The lowest BCUT2D eigenvalue weighted by Gasteiger charge is -2.21. The zero-order chi connectivity index (χ0) is 38.5. The molecular weight excluding hydrogens is 701 g/mol. The fraction of sp³-hybridized carbons (Fsp3) is 0.0526. The molecule has 1 aliphatic rings. The molecule has 10 aromatic carbocycles. The first-order valence-electron chi connectivity index (χ1n) is 20.2. The van der Waals surface area contributed by atoms with Gasteiger partial charge < -0.3 is 4.42 Å².